The van der Waals surface area contributed by atoms with Crippen molar-refractivity contribution < 1.29 is 4.79 Å². The smallest absolute Gasteiger partial charge is 0.247 e. The molecule has 9 heteroatoms. The van der Waals surface area contributed by atoms with Crippen LogP contribution in [0.3, 0.4) is 0 Å². The molecule has 0 radical (unpaired) electrons. The molecule has 0 saturated heterocycles. The molecule has 4 rings (SSSR count). The van der Waals surface area contributed by atoms with Crippen molar-refractivity contribution >= 4 is 11.9 Å². The Kier molecular flexibility index (Phi) is 5.83. The zero-order chi connectivity index (χ0) is 20.1. The predicted octanol–water partition coefficient (Wildman–Crippen LogP) is 1.95. The van der Waals surface area contributed by atoms with Gasteiger partial charge in [-0.15, -0.1) is 0 Å². The van der Waals surface area contributed by atoms with Crippen LogP contribution in [-0.4, -0.2) is 48.5 Å². The Morgan fingerprint density at radius 1 is 1.14 bits per heavy atom. The van der Waals surface area contributed by atoms with E-state index in [-0.39, 0.29) is 17.9 Å². The van der Waals surface area contributed by atoms with E-state index in [0.29, 0.717) is 19.0 Å². The topological polar surface area (TPSA) is 103 Å². The number of para-hydroxylation sites is 1. The lowest BCUT2D eigenvalue weighted by Gasteiger charge is -2.28. The Morgan fingerprint density at radius 2 is 1.93 bits per heavy atom. The number of benzene rings is 1. The fraction of sp³-hybridized carbons (Fsp3) is 0.450. The van der Waals surface area contributed by atoms with E-state index in [1.54, 1.807) is 4.68 Å². The number of carbonyl (C=O) groups is 1. The van der Waals surface area contributed by atoms with Gasteiger partial charge in [0.15, 0.2) is 0 Å². The van der Waals surface area contributed by atoms with Crippen LogP contribution in [0, 0.1) is 12.8 Å². The highest BCUT2D eigenvalue weighted by molar-refractivity contribution is 5.78. The SMILES string of the molecule is Cc1ccn(CCNC(=O)C2CCC(Nc3nnnn3-c3ccccc3)CC2)n1. The molecule has 3 aromatic rings. The monoisotopic (exact) mass is 394 g/mol. The van der Waals surface area contributed by atoms with Crippen LogP contribution in [0.2, 0.25) is 0 Å². The summed E-state index contributed by atoms with van der Waals surface area (Å²) in [5.74, 6) is 0.845. The van der Waals surface area contributed by atoms with Gasteiger partial charge in [0.05, 0.1) is 17.9 Å². The number of carbonyl (C=O) groups excluding carboxylic acids is 1. The zero-order valence-electron chi connectivity index (χ0n) is 16.5. The van der Waals surface area contributed by atoms with Gasteiger partial charge in [-0.2, -0.15) is 9.78 Å². The second-order valence-corrected chi connectivity index (χ2v) is 7.45. The molecule has 1 aliphatic rings. The summed E-state index contributed by atoms with van der Waals surface area (Å²) in [6.45, 7) is 3.25. The molecule has 1 aliphatic carbocycles. The van der Waals surface area contributed by atoms with Crippen molar-refractivity contribution in [2.24, 2.45) is 5.92 Å². The maximum absolute atomic E-state index is 12.5. The quantitative estimate of drug-likeness (QED) is 0.635. The molecule has 0 spiro atoms. The van der Waals surface area contributed by atoms with Gasteiger partial charge >= 0.3 is 0 Å². The molecule has 2 N–H and O–H groups in total. The first-order valence-corrected chi connectivity index (χ1v) is 10.1. The van der Waals surface area contributed by atoms with Crippen molar-refractivity contribution in [1.82, 2.24) is 35.3 Å². The van der Waals surface area contributed by atoms with E-state index in [1.165, 1.54) is 0 Å². The average molecular weight is 394 g/mol. The van der Waals surface area contributed by atoms with Crippen LogP contribution in [-0.2, 0) is 11.3 Å². The van der Waals surface area contributed by atoms with Gasteiger partial charge in [-0.05, 0) is 61.2 Å². The summed E-state index contributed by atoms with van der Waals surface area (Å²) < 4.78 is 3.56. The molecule has 1 amide bonds. The van der Waals surface area contributed by atoms with Gasteiger partial charge in [-0.3, -0.25) is 9.48 Å². The maximum atomic E-state index is 12.5. The Bertz CT molecular complexity index is 927. The van der Waals surface area contributed by atoms with Crippen LogP contribution >= 0.6 is 0 Å². The Balaban J connectivity index is 1.24. The first-order valence-electron chi connectivity index (χ1n) is 10.1. The first kappa shape index (κ1) is 19.1. The van der Waals surface area contributed by atoms with E-state index in [9.17, 15) is 4.79 Å². The van der Waals surface area contributed by atoms with Gasteiger partial charge in [0.25, 0.3) is 0 Å². The molecule has 29 heavy (non-hydrogen) atoms. The van der Waals surface area contributed by atoms with Crippen LogP contribution in [0.4, 0.5) is 5.95 Å². The number of hydrogen-bond acceptors (Lipinski definition) is 6. The van der Waals surface area contributed by atoms with Gasteiger partial charge in [-0.25, -0.2) is 0 Å². The van der Waals surface area contributed by atoms with Crippen LogP contribution in [0.5, 0.6) is 0 Å². The molecule has 0 aliphatic heterocycles. The molecule has 2 heterocycles. The average Bonchev–Trinajstić information content (AvgIpc) is 3.38. The normalized spacial score (nSPS) is 19.1. The van der Waals surface area contributed by atoms with Crippen LogP contribution < -0.4 is 10.6 Å². The number of rotatable bonds is 7. The molecule has 1 aromatic carbocycles. The number of nitrogens with one attached hydrogen (secondary N) is 2. The second kappa shape index (κ2) is 8.85. The Morgan fingerprint density at radius 3 is 2.66 bits per heavy atom. The first-order chi connectivity index (χ1) is 14.2. The van der Waals surface area contributed by atoms with Crippen LogP contribution in [0.25, 0.3) is 5.69 Å². The van der Waals surface area contributed by atoms with Gasteiger partial charge in [-0.1, -0.05) is 23.3 Å². The minimum Gasteiger partial charge on any atom is -0.354 e. The summed E-state index contributed by atoms with van der Waals surface area (Å²) in [5, 5.41) is 22.8. The van der Waals surface area contributed by atoms with Gasteiger partial charge < -0.3 is 10.6 Å². The molecule has 0 atom stereocenters. The number of tetrazole rings is 1. The van der Waals surface area contributed by atoms with Crippen molar-refractivity contribution in [3.8, 4) is 5.69 Å². The van der Waals surface area contributed by atoms with Crippen molar-refractivity contribution in [2.75, 3.05) is 11.9 Å². The number of aryl methyl sites for hydroxylation is 1. The summed E-state index contributed by atoms with van der Waals surface area (Å²) >= 11 is 0. The van der Waals surface area contributed by atoms with E-state index in [1.807, 2.05) is 54.2 Å². The molecule has 0 unspecified atom stereocenters. The van der Waals surface area contributed by atoms with Gasteiger partial charge in [0.1, 0.15) is 0 Å². The summed E-state index contributed by atoms with van der Waals surface area (Å²) in [6.07, 6.45) is 5.48. The molecule has 1 fully saturated rings. The molecule has 1 saturated carbocycles. The highest BCUT2D eigenvalue weighted by Gasteiger charge is 2.27. The lowest BCUT2D eigenvalue weighted by Crippen LogP contribution is -2.37. The standard InChI is InChI=1S/C20H26N8O/c1-15-11-13-27(24-15)14-12-21-19(29)16-7-9-17(10-8-16)22-20-23-25-26-28(20)18-5-3-2-4-6-18/h2-6,11,13,16-17H,7-10,12,14H2,1H3,(H,21,29)(H,22,23,26). The van der Waals surface area contributed by atoms with E-state index in [2.05, 4.69) is 31.3 Å². The molecule has 152 valence electrons. The van der Waals surface area contributed by atoms with Crippen molar-refractivity contribution in [3.63, 3.8) is 0 Å². The summed E-state index contributed by atoms with van der Waals surface area (Å²) in [6, 6.07) is 12.0. The van der Waals surface area contributed by atoms with E-state index >= 15 is 0 Å². The van der Waals surface area contributed by atoms with Crippen LogP contribution in [0.1, 0.15) is 31.4 Å². The van der Waals surface area contributed by atoms with Crippen LogP contribution in [0.15, 0.2) is 42.6 Å². The molecule has 9 nitrogen and oxygen atoms in total. The minimum absolute atomic E-state index is 0.0672. The summed E-state index contributed by atoms with van der Waals surface area (Å²) in [5.41, 5.74) is 1.90. The number of aromatic nitrogens is 6. The minimum atomic E-state index is 0.0672. The molecular weight excluding hydrogens is 368 g/mol. The number of hydrogen-bond donors (Lipinski definition) is 2. The summed E-state index contributed by atoms with van der Waals surface area (Å²) in [7, 11) is 0. The fourth-order valence-corrected chi connectivity index (χ4v) is 3.73. The number of amides is 1. The third kappa shape index (κ3) is 4.79. The molecule has 0 bridgehead atoms. The van der Waals surface area contributed by atoms with E-state index < -0.39 is 0 Å². The molecular formula is C20H26N8O. The third-order valence-corrected chi connectivity index (χ3v) is 5.32. The van der Waals surface area contributed by atoms with E-state index in [0.717, 1.165) is 37.1 Å². The Labute approximate surface area is 169 Å². The lowest BCUT2D eigenvalue weighted by atomic mass is 9.85. The highest BCUT2D eigenvalue weighted by atomic mass is 16.1. The fourth-order valence-electron chi connectivity index (χ4n) is 3.73. The predicted molar refractivity (Wildman–Crippen MR) is 108 cm³/mol. The summed E-state index contributed by atoms with van der Waals surface area (Å²) in [4.78, 5) is 12.5. The third-order valence-electron chi connectivity index (χ3n) is 5.32. The Hall–Kier alpha value is -3.23. The highest BCUT2D eigenvalue weighted by Crippen LogP contribution is 2.26. The van der Waals surface area contributed by atoms with Crippen molar-refractivity contribution in [2.45, 2.75) is 45.2 Å². The maximum Gasteiger partial charge on any atom is 0.247 e. The zero-order valence-corrected chi connectivity index (χ0v) is 16.5. The van der Waals surface area contributed by atoms with Gasteiger partial charge in [0, 0.05) is 24.7 Å². The lowest BCUT2D eigenvalue weighted by molar-refractivity contribution is -0.126. The second-order valence-electron chi connectivity index (χ2n) is 7.45. The van der Waals surface area contributed by atoms with Crippen molar-refractivity contribution in [3.05, 3.63) is 48.3 Å². The number of anilines is 1. The van der Waals surface area contributed by atoms with E-state index in [4.69, 9.17) is 0 Å². The largest absolute Gasteiger partial charge is 0.354 e. The number of nitrogens with zero attached hydrogens (tertiary/aromatic N) is 6. The van der Waals surface area contributed by atoms with Gasteiger partial charge in [0.2, 0.25) is 11.9 Å². The molecule has 2 aromatic heterocycles. The van der Waals surface area contributed by atoms with Crippen molar-refractivity contribution in [1.29, 1.82) is 0 Å².